The minimum atomic E-state index is -0.457. The molecule has 0 unspecified atom stereocenters. The van der Waals surface area contributed by atoms with Crippen LogP contribution in [0.1, 0.15) is 0 Å². The quantitative estimate of drug-likeness (QED) is 0.535. The molecule has 5 nitrogen and oxygen atoms in total. The summed E-state index contributed by atoms with van der Waals surface area (Å²) in [5.74, 6) is 0.652. The summed E-state index contributed by atoms with van der Waals surface area (Å²) in [6.07, 6.45) is 3.16. The highest BCUT2D eigenvalue weighted by atomic mass is 79.9. The lowest BCUT2D eigenvalue weighted by Crippen LogP contribution is -1.96. The van der Waals surface area contributed by atoms with Crippen LogP contribution in [0.15, 0.2) is 53.3 Å². The van der Waals surface area contributed by atoms with Crippen molar-refractivity contribution in [3.05, 3.63) is 63.4 Å². The van der Waals surface area contributed by atoms with E-state index in [1.54, 1.807) is 6.07 Å². The first-order valence-electron chi connectivity index (χ1n) is 5.53. The second kappa shape index (κ2) is 4.47. The van der Waals surface area contributed by atoms with Gasteiger partial charge in [-0.15, -0.1) is 0 Å². The van der Waals surface area contributed by atoms with Gasteiger partial charge >= 0.3 is 0 Å². The number of benzene rings is 1. The van der Waals surface area contributed by atoms with Crippen LogP contribution in [0.5, 0.6) is 0 Å². The summed E-state index contributed by atoms with van der Waals surface area (Å²) in [5.41, 5.74) is 0.983. The summed E-state index contributed by atoms with van der Waals surface area (Å²) in [6.45, 7) is 0. The van der Waals surface area contributed by atoms with Crippen LogP contribution in [0.25, 0.3) is 16.7 Å². The summed E-state index contributed by atoms with van der Waals surface area (Å²) >= 11 is 3.49. The largest absolute Gasteiger partial charge is 0.301 e. The molecule has 6 heteroatoms. The lowest BCUT2D eigenvalue weighted by molar-refractivity contribution is -0.385. The molecule has 0 saturated carbocycles. The number of nitrogens with zero attached hydrogens (tertiary/aromatic N) is 3. The molecule has 3 aromatic rings. The number of hydrogen-bond acceptors (Lipinski definition) is 3. The standard InChI is InChI=1S/C13H8BrN3O2/c14-11-2-1-3-12-10(11)6-7-16(12)13-5-4-9(8-15-13)17(18)19/h1-8H. The summed E-state index contributed by atoms with van der Waals surface area (Å²) in [5, 5.41) is 11.7. The number of aromatic nitrogens is 2. The third-order valence-electron chi connectivity index (χ3n) is 2.87. The topological polar surface area (TPSA) is 61.0 Å². The molecule has 94 valence electrons. The normalized spacial score (nSPS) is 10.8. The maximum Gasteiger partial charge on any atom is 0.287 e. The minimum Gasteiger partial charge on any atom is -0.301 e. The average Bonchev–Trinajstić information content (AvgIpc) is 2.84. The Morgan fingerprint density at radius 1 is 1.21 bits per heavy atom. The van der Waals surface area contributed by atoms with Crippen LogP contribution in [0.3, 0.4) is 0 Å². The lowest BCUT2D eigenvalue weighted by Gasteiger charge is -2.04. The van der Waals surface area contributed by atoms with Gasteiger partial charge in [0, 0.05) is 22.1 Å². The molecule has 0 bridgehead atoms. The van der Waals surface area contributed by atoms with E-state index >= 15 is 0 Å². The molecule has 0 aliphatic rings. The summed E-state index contributed by atoms with van der Waals surface area (Å²) < 4.78 is 2.90. The molecule has 0 fully saturated rings. The SMILES string of the molecule is O=[N+]([O-])c1ccc(-n2ccc3c(Br)cccc32)nc1. The van der Waals surface area contributed by atoms with Gasteiger partial charge in [-0.05, 0) is 24.3 Å². The van der Waals surface area contributed by atoms with Crippen molar-refractivity contribution in [3.63, 3.8) is 0 Å². The Kier molecular flexibility index (Phi) is 2.79. The van der Waals surface area contributed by atoms with Gasteiger partial charge in [0.2, 0.25) is 0 Å². The second-order valence-electron chi connectivity index (χ2n) is 3.99. The number of hydrogen-bond donors (Lipinski definition) is 0. The zero-order valence-electron chi connectivity index (χ0n) is 9.65. The van der Waals surface area contributed by atoms with Gasteiger partial charge in [0.05, 0.1) is 10.4 Å². The Morgan fingerprint density at radius 3 is 2.74 bits per heavy atom. The number of rotatable bonds is 2. The van der Waals surface area contributed by atoms with E-state index in [2.05, 4.69) is 20.9 Å². The molecular weight excluding hydrogens is 310 g/mol. The first-order chi connectivity index (χ1) is 9.16. The molecule has 0 amide bonds. The molecule has 2 aromatic heterocycles. The minimum absolute atomic E-state index is 0.0126. The van der Waals surface area contributed by atoms with Crippen LogP contribution in [0, 0.1) is 10.1 Å². The fourth-order valence-electron chi connectivity index (χ4n) is 1.96. The molecule has 3 rings (SSSR count). The highest BCUT2D eigenvalue weighted by molar-refractivity contribution is 9.10. The van der Waals surface area contributed by atoms with Crippen molar-refractivity contribution >= 4 is 32.5 Å². The van der Waals surface area contributed by atoms with Crippen molar-refractivity contribution in [1.82, 2.24) is 9.55 Å². The van der Waals surface area contributed by atoms with Crippen molar-refractivity contribution in [3.8, 4) is 5.82 Å². The Hall–Kier alpha value is -2.21. The summed E-state index contributed by atoms with van der Waals surface area (Å²) in [6, 6.07) is 10.9. The van der Waals surface area contributed by atoms with Gasteiger partial charge < -0.3 is 4.57 Å². The van der Waals surface area contributed by atoms with E-state index in [1.807, 2.05) is 35.0 Å². The number of nitro groups is 1. The first kappa shape index (κ1) is 11.9. The van der Waals surface area contributed by atoms with Crippen LogP contribution >= 0.6 is 15.9 Å². The Morgan fingerprint density at radius 2 is 2.05 bits per heavy atom. The van der Waals surface area contributed by atoms with Gasteiger partial charge in [0.1, 0.15) is 12.0 Å². The zero-order chi connectivity index (χ0) is 13.4. The maximum atomic E-state index is 10.6. The monoisotopic (exact) mass is 317 g/mol. The van der Waals surface area contributed by atoms with E-state index in [9.17, 15) is 10.1 Å². The van der Waals surface area contributed by atoms with E-state index in [1.165, 1.54) is 12.3 Å². The molecule has 0 aliphatic carbocycles. The number of fused-ring (bicyclic) bond motifs is 1. The van der Waals surface area contributed by atoms with Crippen LogP contribution in [-0.2, 0) is 0 Å². The fraction of sp³-hybridized carbons (Fsp3) is 0. The molecule has 0 atom stereocenters. The molecule has 0 N–H and O–H groups in total. The number of halogens is 1. The molecule has 1 aromatic carbocycles. The molecule has 0 saturated heterocycles. The molecular formula is C13H8BrN3O2. The number of pyridine rings is 1. The van der Waals surface area contributed by atoms with Crippen LogP contribution in [0.2, 0.25) is 0 Å². The van der Waals surface area contributed by atoms with E-state index in [4.69, 9.17) is 0 Å². The molecule has 0 aliphatic heterocycles. The van der Waals surface area contributed by atoms with Crippen molar-refractivity contribution in [2.45, 2.75) is 0 Å². The van der Waals surface area contributed by atoms with Gasteiger partial charge in [-0.1, -0.05) is 22.0 Å². The zero-order valence-corrected chi connectivity index (χ0v) is 11.2. The predicted molar refractivity (Wildman–Crippen MR) is 75.4 cm³/mol. The molecule has 2 heterocycles. The molecule has 0 radical (unpaired) electrons. The van der Waals surface area contributed by atoms with Gasteiger partial charge in [0.25, 0.3) is 5.69 Å². The Balaban J connectivity index is 2.14. The fourth-order valence-corrected chi connectivity index (χ4v) is 2.45. The predicted octanol–water partition coefficient (Wildman–Crippen LogP) is 3.70. The van der Waals surface area contributed by atoms with Gasteiger partial charge in [-0.25, -0.2) is 4.98 Å². The van der Waals surface area contributed by atoms with E-state index < -0.39 is 4.92 Å². The second-order valence-corrected chi connectivity index (χ2v) is 4.84. The van der Waals surface area contributed by atoms with Crippen LogP contribution in [0.4, 0.5) is 5.69 Å². The molecule has 19 heavy (non-hydrogen) atoms. The van der Waals surface area contributed by atoms with E-state index in [-0.39, 0.29) is 5.69 Å². The van der Waals surface area contributed by atoms with Crippen LogP contribution < -0.4 is 0 Å². The van der Waals surface area contributed by atoms with Gasteiger partial charge in [0.15, 0.2) is 0 Å². The third kappa shape index (κ3) is 2.00. The van der Waals surface area contributed by atoms with Crippen molar-refractivity contribution < 1.29 is 4.92 Å². The molecule has 0 spiro atoms. The van der Waals surface area contributed by atoms with Gasteiger partial charge in [-0.3, -0.25) is 10.1 Å². The van der Waals surface area contributed by atoms with E-state index in [0.717, 1.165) is 15.4 Å². The van der Waals surface area contributed by atoms with Crippen molar-refractivity contribution in [2.75, 3.05) is 0 Å². The summed E-state index contributed by atoms with van der Waals surface area (Å²) in [7, 11) is 0. The third-order valence-corrected chi connectivity index (χ3v) is 3.56. The first-order valence-corrected chi connectivity index (χ1v) is 6.32. The Labute approximate surface area is 116 Å². The highest BCUT2D eigenvalue weighted by Crippen LogP contribution is 2.26. The maximum absolute atomic E-state index is 10.6. The van der Waals surface area contributed by atoms with Crippen molar-refractivity contribution in [2.24, 2.45) is 0 Å². The van der Waals surface area contributed by atoms with Crippen LogP contribution in [-0.4, -0.2) is 14.5 Å². The lowest BCUT2D eigenvalue weighted by atomic mass is 10.2. The smallest absolute Gasteiger partial charge is 0.287 e. The van der Waals surface area contributed by atoms with E-state index in [0.29, 0.717) is 5.82 Å². The van der Waals surface area contributed by atoms with Gasteiger partial charge in [-0.2, -0.15) is 0 Å². The highest BCUT2D eigenvalue weighted by Gasteiger charge is 2.09. The Bertz CT molecular complexity index is 765. The average molecular weight is 318 g/mol. The summed E-state index contributed by atoms with van der Waals surface area (Å²) in [4.78, 5) is 14.3. The van der Waals surface area contributed by atoms with Crippen molar-refractivity contribution in [1.29, 1.82) is 0 Å².